The van der Waals surface area contributed by atoms with Crippen molar-refractivity contribution in [3.8, 4) is 0 Å². The van der Waals surface area contributed by atoms with Crippen LogP contribution in [-0.4, -0.2) is 30.8 Å². The molecule has 1 aliphatic rings. The summed E-state index contributed by atoms with van der Waals surface area (Å²) < 4.78 is 10.2. The summed E-state index contributed by atoms with van der Waals surface area (Å²) in [6, 6.07) is 0. The van der Waals surface area contributed by atoms with Crippen LogP contribution in [0.4, 0.5) is 0 Å². The quantitative estimate of drug-likeness (QED) is 0.773. The van der Waals surface area contributed by atoms with Gasteiger partial charge in [-0.25, -0.2) is 4.98 Å². The van der Waals surface area contributed by atoms with E-state index in [0.29, 0.717) is 18.9 Å². The van der Waals surface area contributed by atoms with Gasteiger partial charge < -0.3 is 9.47 Å². The van der Waals surface area contributed by atoms with Gasteiger partial charge in [0.25, 0.3) is 0 Å². The zero-order chi connectivity index (χ0) is 12.1. The Balaban J connectivity index is 1.93. The summed E-state index contributed by atoms with van der Waals surface area (Å²) in [5.41, 5.74) is 1.11. The highest BCUT2D eigenvalue weighted by Crippen LogP contribution is 2.27. The Kier molecular flexibility index (Phi) is 4.50. The summed E-state index contributed by atoms with van der Waals surface area (Å²) >= 11 is 1.54. The van der Waals surface area contributed by atoms with Gasteiger partial charge in [-0.05, 0) is 19.8 Å². The lowest BCUT2D eigenvalue weighted by Gasteiger charge is -2.19. The van der Waals surface area contributed by atoms with E-state index in [1.165, 1.54) is 0 Å². The van der Waals surface area contributed by atoms with Gasteiger partial charge in [0, 0.05) is 24.5 Å². The van der Waals surface area contributed by atoms with Crippen molar-refractivity contribution < 1.29 is 14.3 Å². The Morgan fingerprint density at radius 3 is 3.06 bits per heavy atom. The third-order valence-electron chi connectivity index (χ3n) is 2.81. The average Bonchev–Trinajstić information content (AvgIpc) is 2.79. The molecule has 0 aliphatic carbocycles. The van der Waals surface area contributed by atoms with Crippen LogP contribution in [0.1, 0.15) is 36.4 Å². The summed E-state index contributed by atoms with van der Waals surface area (Å²) in [6.45, 7) is 3.87. The first-order valence-electron chi connectivity index (χ1n) is 5.97. The van der Waals surface area contributed by atoms with Crippen molar-refractivity contribution >= 4 is 17.3 Å². The minimum Gasteiger partial charge on any atom is -0.466 e. The molecule has 1 aliphatic heterocycles. The Labute approximate surface area is 105 Å². The van der Waals surface area contributed by atoms with Crippen LogP contribution in [0, 0.1) is 0 Å². The fourth-order valence-electron chi connectivity index (χ4n) is 1.92. The number of ether oxygens (including phenoxy) is 2. The predicted molar refractivity (Wildman–Crippen MR) is 65.2 cm³/mol. The standard InChI is InChI=1S/C12H17NO3S/c1-2-16-12(14)7-11-13-10(8-17-11)9-3-5-15-6-4-9/h8-9H,2-7H2,1H3. The highest BCUT2D eigenvalue weighted by atomic mass is 32.1. The number of aromatic nitrogens is 1. The van der Waals surface area contributed by atoms with Crippen molar-refractivity contribution in [1.82, 2.24) is 4.98 Å². The van der Waals surface area contributed by atoms with Gasteiger partial charge in [0.15, 0.2) is 0 Å². The molecule has 2 rings (SSSR count). The van der Waals surface area contributed by atoms with Gasteiger partial charge in [0.05, 0.1) is 18.7 Å². The first-order valence-corrected chi connectivity index (χ1v) is 6.85. The van der Waals surface area contributed by atoms with Gasteiger partial charge in [-0.15, -0.1) is 11.3 Å². The van der Waals surface area contributed by atoms with Crippen molar-refractivity contribution in [2.24, 2.45) is 0 Å². The molecule has 0 amide bonds. The fraction of sp³-hybridized carbons (Fsp3) is 0.667. The van der Waals surface area contributed by atoms with Gasteiger partial charge in [0.2, 0.25) is 0 Å². The molecule has 2 heterocycles. The van der Waals surface area contributed by atoms with E-state index < -0.39 is 0 Å². The van der Waals surface area contributed by atoms with E-state index in [9.17, 15) is 4.79 Å². The van der Waals surface area contributed by atoms with E-state index in [1.54, 1.807) is 11.3 Å². The van der Waals surface area contributed by atoms with E-state index >= 15 is 0 Å². The zero-order valence-corrected chi connectivity index (χ0v) is 10.8. The highest BCUT2D eigenvalue weighted by Gasteiger charge is 2.19. The first kappa shape index (κ1) is 12.5. The number of carbonyl (C=O) groups is 1. The van der Waals surface area contributed by atoms with Crippen LogP contribution in [0.15, 0.2) is 5.38 Å². The van der Waals surface area contributed by atoms with E-state index in [0.717, 1.165) is 36.8 Å². The number of esters is 1. The van der Waals surface area contributed by atoms with Gasteiger partial charge in [-0.3, -0.25) is 4.79 Å². The fourth-order valence-corrected chi connectivity index (χ4v) is 2.78. The molecule has 0 unspecified atom stereocenters. The van der Waals surface area contributed by atoms with Crippen LogP contribution in [0.3, 0.4) is 0 Å². The number of hydrogen-bond donors (Lipinski definition) is 0. The normalized spacial score (nSPS) is 17.0. The molecule has 0 atom stereocenters. The third-order valence-corrected chi connectivity index (χ3v) is 3.68. The van der Waals surface area contributed by atoms with Gasteiger partial charge in [-0.2, -0.15) is 0 Å². The van der Waals surface area contributed by atoms with E-state index in [4.69, 9.17) is 9.47 Å². The first-order chi connectivity index (χ1) is 8.29. The molecule has 0 spiro atoms. The lowest BCUT2D eigenvalue weighted by Crippen LogP contribution is -2.14. The van der Waals surface area contributed by atoms with Crippen molar-refractivity contribution in [3.63, 3.8) is 0 Å². The Morgan fingerprint density at radius 1 is 1.59 bits per heavy atom. The molecule has 5 heteroatoms. The molecule has 0 saturated carbocycles. The summed E-state index contributed by atoms with van der Waals surface area (Å²) in [5.74, 6) is 0.302. The molecule has 4 nitrogen and oxygen atoms in total. The molecular formula is C12H17NO3S. The lowest BCUT2D eigenvalue weighted by molar-refractivity contribution is -0.142. The molecule has 94 valence electrons. The summed E-state index contributed by atoms with van der Waals surface area (Å²) in [5, 5.41) is 2.91. The van der Waals surface area contributed by atoms with Crippen molar-refractivity contribution in [3.05, 3.63) is 16.1 Å². The minimum absolute atomic E-state index is 0.194. The molecule has 0 bridgehead atoms. The molecule has 1 aromatic heterocycles. The zero-order valence-electron chi connectivity index (χ0n) is 9.98. The largest absolute Gasteiger partial charge is 0.466 e. The Bertz CT molecular complexity index is 372. The maximum Gasteiger partial charge on any atom is 0.312 e. The van der Waals surface area contributed by atoms with Crippen LogP contribution in [0.2, 0.25) is 0 Å². The number of rotatable bonds is 4. The molecule has 17 heavy (non-hydrogen) atoms. The number of hydrogen-bond acceptors (Lipinski definition) is 5. The predicted octanol–water partition coefficient (Wildman–Crippen LogP) is 2.14. The smallest absolute Gasteiger partial charge is 0.312 e. The topological polar surface area (TPSA) is 48.4 Å². The second-order valence-electron chi connectivity index (χ2n) is 4.03. The summed E-state index contributed by atoms with van der Waals surface area (Å²) in [6.07, 6.45) is 2.35. The van der Waals surface area contributed by atoms with Crippen LogP contribution in [-0.2, 0) is 20.7 Å². The molecule has 1 aromatic rings. The Morgan fingerprint density at radius 2 is 2.35 bits per heavy atom. The van der Waals surface area contributed by atoms with Crippen molar-refractivity contribution in [2.45, 2.75) is 32.1 Å². The monoisotopic (exact) mass is 255 g/mol. The van der Waals surface area contributed by atoms with Crippen LogP contribution in [0.25, 0.3) is 0 Å². The molecular weight excluding hydrogens is 238 g/mol. The van der Waals surface area contributed by atoms with Gasteiger partial charge in [0.1, 0.15) is 5.01 Å². The second-order valence-corrected chi connectivity index (χ2v) is 4.98. The van der Waals surface area contributed by atoms with Gasteiger partial charge in [-0.1, -0.05) is 0 Å². The van der Waals surface area contributed by atoms with Crippen LogP contribution >= 0.6 is 11.3 Å². The van der Waals surface area contributed by atoms with E-state index in [2.05, 4.69) is 10.4 Å². The molecule has 1 fully saturated rings. The summed E-state index contributed by atoms with van der Waals surface area (Å²) in [7, 11) is 0. The molecule has 1 saturated heterocycles. The van der Waals surface area contributed by atoms with Crippen LogP contribution < -0.4 is 0 Å². The Hall–Kier alpha value is -0.940. The number of nitrogens with zero attached hydrogens (tertiary/aromatic N) is 1. The number of carbonyl (C=O) groups excluding carboxylic acids is 1. The minimum atomic E-state index is -0.194. The average molecular weight is 255 g/mol. The lowest BCUT2D eigenvalue weighted by atomic mass is 9.98. The van der Waals surface area contributed by atoms with E-state index in [1.807, 2.05) is 6.92 Å². The number of thiazole rings is 1. The second kappa shape index (κ2) is 6.12. The van der Waals surface area contributed by atoms with Crippen molar-refractivity contribution in [2.75, 3.05) is 19.8 Å². The SMILES string of the molecule is CCOC(=O)Cc1nc(C2CCOCC2)cs1. The molecule has 0 aromatic carbocycles. The third kappa shape index (κ3) is 3.51. The van der Waals surface area contributed by atoms with Crippen LogP contribution in [0.5, 0.6) is 0 Å². The van der Waals surface area contributed by atoms with Crippen molar-refractivity contribution in [1.29, 1.82) is 0 Å². The maximum absolute atomic E-state index is 11.3. The molecule has 0 N–H and O–H groups in total. The maximum atomic E-state index is 11.3. The van der Waals surface area contributed by atoms with E-state index in [-0.39, 0.29) is 5.97 Å². The molecule has 0 radical (unpaired) electrons. The highest BCUT2D eigenvalue weighted by molar-refractivity contribution is 7.09. The van der Waals surface area contributed by atoms with Gasteiger partial charge >= 0.3 is 5.97 Å². The summed E-state index contributed by atoms with van der Waals surface area (Å²) in [4.78, 5) is 15.8.